The molecule has 1 unspecified atom stereocenters. The third-order valence-corrected chi connectivity index (χ3v) is 5.55. The Bertz CT molecular complexity index is 1290. The van der Waals surface area contributed by atoms with Crippen LogP contribution in [0.3, 0.4) is 0 Å². The first kappa shape index (κ1) is 18.8. The van der Waals surface area contributed by atoms with Gasteiger partial charge in [-0.2, -0.15) is 0 Å². The van der Waals surface area contributed by atoms with E-state index in [1.807, 2.05) is 72.9 Å². The lowest BCUT2D eigenvalue weighted by Gasteiger charge is -2.20. The number of non-ortho nitro benzene ring substituents is 1. The lowest BCUT2D eigenvalue weighted by atomic mass is 9.87. The molecular formula is C25H19N3O3. The third-order valence-electron chi connectivity index (χ3n) is 5.55. The molecule has 0 N–H and O–H groups in total. The average Bonchev–Trinajstić information content (AvgIpc) is 3.23. The summed E-state index contributed by atoms with van der Waals surface area (Å²) in [5.41, 5.74) is 5.77. The van der Waals surface area contributed by atoms with E-state index in [-0.39, 0.29) is 16.5 Å². The first-order valence-corrected chi connectivity index (χ1v) is 9.90. The highest BCUT2D eigenvalue weighted by Crippen LogP contribution is 2.39. The van der Waals surface area contributed by atoms with Crippen LogP contribution in [0.15, 0.2) is 96.1 Å². The van der Waals surface area contributed by atoms with E-state index in [0.717, 1.165) is 39.7 Å². The highest BCUT2D eigenvalue weighted by molar-refractivity contribution is 6.09. The molecule has 0 bridgehead atoms. The molecular weight excluding hydrogens is 390 g/mol. The summed E-state index contributed by atoms with van der Waals surface area (Å²) in [7, 11) is 1.64. The van der Waals surface area contributed by atoms with Gasteiger partial charge < -0.3 is 9.30 Å². The molecule has 4 aromatic rings. The van der Waals surface area contributed by atoms with Crippen molar-refractivity contribution in [2.45, 2.75) is 5.92 Å². The lowest BCUT2D eigenvalue weighted by molar-refractivity contribution is -0.384. The molecule has 1 atom stereocenters. The zero-order chi connectivity index (χ0) is 21.4. The topological polar surface area (TPSA) is 69.7 Å². The standard InChI is InChI=1S/C25H19N3O3/c1-31-20-14-10-18(11-15-20)25-24(17-8-12-19(13-9-17)28(29)30)23-7-4-16-27(23)22-6-3-2-5-21(22)26-25/h2-16,24H,1H3. The van der Waals surface area contributed by atoms with Gasteiger partial charge in [-0.15, -0.1) is 0 Å². The van der Waals surface area contributed by atoms with E-state index in [1.54, 1.807) is 19.2 Å². The van der Waals surface area contributed by atoms with Crippen molar-refractivity contribution in [2.24, 2.45) is 4.99 Å². The van der Waals surface area contributed by atoms with Gasteiger partial charge in [-0.3, -0.25) is 10.1 Å². The molecule has 0 saturated heterocycles. The highest BCUT2D eigenvalue weighted by Gasteiger charge is 2.29. The van der Waals surface area contributed by atoms with Gasteiger partial charge in [0.25, 0.3) is 5.69 Å². The molecule has 3 aromatic carbocycles. The Kier molecular flexibility index (Phi) is 4.59. The van der Waals surface area contributed by atoms with Crippen LogP contribution in [0.5, 0.6) is 5.75 Å². The van der Waals surface area contributed by atoms with Gasteiger partial charge in [0.05, 0.1) is 35.0 Å². The number of nitro groups is 1. The Morgan fingerprint density at radius 2 is 1.68 bits per heavy atom. The molecule has 152 valence electrons. The predicted octanol–water partition coefficient (Wildman–Crippen LogP) is 5.66. The molecule has 0 saturated carbocycles. The summed E-state index contributed by atoms with van der Waals surface area (Å²) in [4.78, 5) is 15.9. The summed E-state index contributed by atoms with van der Waals surface area (Å²) < 4.78 is 7.46. The molecule has 0 amide bonds. The minimum atomic E-state index is -0.381. The Balaban J connectivity index is 1.75. The number of ether oxygens (including phenoxy) is 1. The minimum absolute atomic E-state index is 0.0685. The second-order valence-corrected chi connectivity index (χ2v) is 7.30. The second-order valence-electron chi connectivity index (χ2n) is 7.30. The molecule has 1 aliphatic rings. The van der Waals surface area contributed by atoms with Gasteiger partial charge in [0.15, 0.2) is 0 Å². The quantitative estimate of drug-likeness (QED) is 0.323. The largest absolute Gasteiger partial charge is 0.497 e. The van der Waals surface area contributed by atoms with E-state index < -0.39 is 0 Å². The van der Waals surface area contributed by atoms with Crippen molar-refractivity contribution in [1.82, 2.24) is 4.57 Å². The molecule has 1 aromatic heterocycles. The van der Waals surface area contributed by atoms with Crippen molar-refractivity contribution in [3.05, 3.63) is 118 Å². The van der Waals surface area contributed by atoms with E-state index in [2.05, 4.69) is 10.6 Å². The summed E-state index contributed by atoms with van der Waals surface area (Å²) in [6, 6.07) is 26.7. The maximum absolute atomic E-state index is 11.2. The van der Waals surface area contributed by atoms with Crippen LogP contribution in [0.1, 0.15) is 22.7 Å². The number of nitrogens with zero attached hydrogens (tertiary/aromatic N) is 3. The third kappa shape index (κ3) is 3.28. The second kappa shape index (κ2) is 7.57. The number of para-hydroxylation sites is 2. The number of rotatable bonds is 4. The number of fused-ring (bicyclic) bond motifs is 3. The molecule has 5 rings (SSSR count). The van der Waals surface area contributed by atoms with Gasteiger partial charge in [0.1, 0.15) is 5.75 Å². The molecule has 6 nitrogen and oxygen atoms in total. The predicted molar refractivity (Wildman–Crippen MR) is 120 cm³/mol. The maximum Gasteiger partial charge on any atom is 0.269 e. The normalized spacial score (nSPS) is 14.7. The fourth-order valence-corrected chi connectivity index (χ4v) is 4.06. The highest BCUT2D eigenvalue weighted by atomic mass is 16.6. The van der Waals surface area contributed by atoms with Crippen molar-refractivity contribution in [3.63, 3.8) is 0 Å². The number of aliphatic imine (C=N–C) groups is 1. The molecule has 0 fully saturated rings. The molecule has 1 aliphatic heterocycles. The fraction of sp³-hybridized carbons (Fsp3) is 0.0800. The van der Waals surface area contributed by atoms with Crippen molar-refractivity contribution >= 4 is 17.1 Å². The van der Waals surface area contributed by atoms with Crippen LogP contribution in [-0.4, -0.2) is 22.3 Å². The summed E-state index contributed by atoms with van der Waals surface area (Å²) in [5, 5.41) is 11.2. The summed E-state index contributed by atoms with van der Waals surface area (Å²) in [6.45, 7) is 0. The van der Waals surface area contributed by atoms with Gasteiger partial charge in [0, 0.05) is 24.0 Å². The number of nitro benzene ring substituents is 1. The van der Waals surface area contributed by atoms with Crippen LogP contribution in [0.25, 0.3) is 5.69 Å². The van der Waals surface area contributed by atoms with Gasteiger partial charge in [0.2, 0.25) is 0 Å². The molecule has 31 heavy (non-hydrogen) atoms. The Labute approximate surface area is 179 Å². The van der Waals surface area contributed by atoms with Crippen LogP contribution in [0.4, 0.5) is 11.4 Å². The lowest BCUT2D eigenvalue weighted by Crippen LogP contribution is -2.17. The summed E-state index contributed by atoms with van der Waals surface area (Å²) in [5.74, 6) is 0.574. The summed E-state index contributed by atoms with van der Waals surface area (Å²) >= 11 is 0. The Hall–Kier alpha value is -4.19. The Morgan fingerprint density at radius 1 is 0.935 bits per heavy atom. The van der Waals surface area contributed by atoms with E-state index in [0.29, 0.717) is 0 Å². The summed E-state index contributed by atoms with van der Waals surface area (Å²) in [6.07, 6.45) is 2.03. The molecule has 0 spiro atoms. The van der Waals surface area contributed by atoms with Crippen molar-refractivity contribution in [1.29, 1.82) is 0 Å². The number of hydrogen-bond acceptors (Lipinski definition) is 4. The van der Waals surface area contributed by atoms with E-state index >= 15 is 0 Å². The van der Waals surface area contributed by atoms with Crippen molar-refractivity contribution in [2.75, 3.05) is 7.11 Å². The van der Waals surface area contributed by atoms with Crippen LogP contribution in [-0.2, 0) is 0 Å². The van der Waals surface area contributed by atoms with E-state index in [9.17, 15) is 10.1 Å². The van der Waals surface area contributed by atoms with Crippen LogP contribution >= 0.6 is 0 Å². The first-order valence-electron chi connectivity index (χ1n) is 9.90. The van der Waals surface area contributed by atoms with Crippen LogP contribution < -0.4 is 4.74 Å². The number of hydrogen-bond donors (Lipinski definition) is 0. The van der Waals surface area contributed by atoms with Crippen molar-refractivity contribution in [3.8, 4) is 11.4 Å². The maximum atomic E-state index is 11.2. The van der Waals surface area contributed by atoms with Crippen LogP contribution in [0.2, 0.25) is 0 Å². The number of methoxy groups -OCH3 is 1. The number of benzene rings is 3. The molecule has 0 aliphatic carbocycles. The van der Waals surface area contributed by atoms with Gasteiger partial charge >= 0.3 is 0 Å². The van der Waals surface area contributed by atoms with Crippen LogP contribution in [0, 0.1) is 10.1 Å². The monoisotopic (exact) mass is 409 g/mol. The Morgan fingerprint density at radius 3 is 2.39 bits per heavy atom. The molecule has 6 heteroatoms. The average molecular weight is 409 g/mol. The first-order chi connectivity index (χ1) is 15.2. The van der Waals surface area contributed by atoms with Gasteiger partial charge in [-0.05, 0) is 59.7 Å². The molecule has 0 radical (unpaired) electrons. The van der Waals surface area contributed by atoms with Gasteiger partial charge in [-0.25, -0.2) is 4.99 Å². The SMILES string of the molecule is COc1ccc(C2=Nc3ccccc3-n3cccc3C2c2ccc([N+](=O)[O-])cc2)cc1. The fourth-order valence-electron chi connectivity index (χ4n) is 4.06. The zero-order valence-corrected chi connectivity index (χ0v) is 16.8. The minimum Gasteiger partial charge on any atom is -0.497 e. The smallest absolute Gasteiger partial charge is 0.269 e. The number of aromatic nitrogens is 1. The van der Waals surface area contributed by atoms with E-state index in [1.165, 1.54) is 0 Å². The van der Waals surface area contributed by atoms with Gasteiger partial charge in [-0.1, -0.05) is 24.3 Å². The zero-order valence-electron chi connectivity index (χ0n) is 16.8. The van der Waals surface area contributed by atoms with Crippen molar-refractivity contribution < 1.29 is 9.66 Å². The molecule has 2 heterocycles. The van der Waals surface area contributed by atoms with E-state index in [4.69, 9.17) is 9.73 Å².